The van der Waals surface area contributed by atoms with Gasteiger partial charge in [0.1, 0.15) is 0 Å². The SMILES string of the molecule is Cn1nnnc1SCC1CC(c2ccc(CO)cc2)OC(c2ccc(-c3cccc(CNC(=O)CCCCCCC(=O)O)c3)cc2)O1. The summed E-state index contributed by atoms with van der Waals surface area (Å²) in [6.07, 6.45) is 3.49. The lowest BCUT2D eigenvalue weighted by atomic mass is 9.99. The van der Waals surface area contributed by atoms with Gasteiger partial charge in [-0.15, -0.1) is 5.10 Å². The summed E-state index contributed by atoms with van der Waals surface area (Å²) in [5.74, 6) is -0.118. The van der Waals surface area contributed by atoms with Crippen molar-refractivity contribution >= 4 is 23.6 Å². The number of aliphatic hydroxyl groups excluding tert-OH is 1. The van der Waals surface area contributed by atoms with E-state index in [1.807, 2.05) is 61.6 Å². The van der Waals surface area contributed by atoms with E-state index in [4.69, 9.17) is 14.6 Å². The Morgan fingerprint density at radius 2 is 1.66 bits per heavy atom. The predicted molar refractivity (Wildman–Crippen MR) is 177 cm³/mol. The molecule has 0 radical (unpaired) electrons. The highest BCUT2D eigenvalue weighted by Crippen LogP contribution is 2.39. The number of carbonyl (C=O) groups is 2. The molecule has 0 saturated carbocycles. The number of nitrogens with one attached hydrogen (secondary N) is 1. The number of carboxylic acid groups (broad SMARTS) is 1. The number of thioether (sulfide) groups is 1. The monoisotopic (exact) mass is 659 g/mol. The molecule has 1 aliphatic rings. The molecule has 3 unspecified atom stereocenters. The molecule has 248 valence electrons. The first-order chi connectivity index (χ1) is 22.9. The molecule has 5 rings (SSSR count). The molecule has 3 atom stereocenters. The van der Waals surface area contributed by atoms with Crippen molar-refractivity contribution in [2.24, 2.45) is 7.05 Å². The van der Waals surface area contributed by atoms with Gasteiger partial charge in [-0.1, -0.05) is 91.3 Å². The fraction of sp³-hybridized carbons (Fsp3) is 0.400. The largest absolute Gasteiger partial charge is 0.481 e. The zero-order valence-corrected chi connectivity index (χ0v) is 27.3. The number of carbonyl (C=O) groups excluding carboxylic acids is 1. The number of unbranched alkanes of at least 4 members (excludes halogenated alkanes) is 3. The molecule has 0 bridgehead atoms. The number of amides is 1. The molecule has 1 fully saturated rings. The van der Waals surface area contributed by atoms with Gasteiger partial charge in [0.25, 0.3) is 0 Å². The van der Waals surface area contributed by atoms with Crippen molar-refractivity contribution < 1.29 is 29.3 Å². The van der Waals surface area contributed by atoms with Gasteiger partial charge >= 0.3 is 5.97 Å². The third-order valence-electron chi connectivity index (χ3n) is 8.07. The molecule has 0 spiro atoms. The van der Waals surface area contributed by atoms with Gasteiger partial charge < -0.3 is 25.0 Å². The number of aliphatic hydroxyl groups is 1. The van der Waals surface area contributed by atoms with Crippen LogP contribution in [0.25, 0.3) is 11.1 Å². The van der Waals surface area contributed by atoms with Crippen LogP contribution in [0.5, 0.6) is 0 Å². The second-order valence-electron chi connectivity index (χ2n) is 11.7. The first kappa shape index (κ1) is 34.2. The van der Waals surface area contributed by atoms with E-state index in [-0.39, 0.29) is 31.1 Å². The first-order valence-corrected chi connectivity index (χ1v) is 16.9. The zero-order chi connectivity index (χ0) is 33.0. The second-order valence-corrected chi connectivity index (χ2v) is 12.6. The van der Waals surface area contributed by atoms with Gasteiger partial charge in [-0.2, -0.15) is 0 Å². The Morgan fingerprint density at radius 1 is 0.915 bits per heavy atom. The number of rotatable bonds is 16. The van der Waals surface area contributed by atoms with Gasteiger partial charge in [-0.25, -0.2) is 4.68 Å². The van der Waals surface area contributed by atoms with Gasteiger partial charge in [0.2, 0.25) is 11.1 Å². The van der Waals surface area contributed by atoms with Crippen molar-refractivity contribution in [3.8, 4) is 11.1 Å². The summed E-state index contributed by atoms with van der Waals surface area (Å²) in [4.78, 5) is 22.9. The Hall–Kier alpha value is -4.10. The highest BCUT2D eigenvalue weighted by molar-refractivity contribution is 7.99. The molecule has 3 N–H and O–H groups in total. The number of benzene rings is 3. The maximum Gasteiger partial charge on any atom is 0.303 e. The molecule has 0 aliphatic carbocycles. The van der Waals surface area contributed by atoms with E-state index in [0.717, 1.165) is 57.8 Å². The van der Waals surface area contributed by atoms with E-state index >= 15 is 0 Å². The first-order valence-electron chi connectivity index (χ1n) is 15.9. The second kappa shape index (κ2) is 17.2. The van der Waals surface area contributed by atoms with Gasteiger partial charge in [0, 0.05) is 44.2 Å². The van der Waals surface area contributed by atoms with Crippen LogP contribution in [0, 0.1) is 0 Å². The Labute approximate surface area is 278 Å². The van der Waals surface area contributed by atoms with Crippen LogP contribution in [0.2, 0.25) is 0 Å². The van der Waals surface area contributed by atoms with Crippen molar-refractivity contribution in [3.05, 3.63) is 95.1 Å². The van der Waals surface area contributed by atoms with Crippen LogP contribution in [0.1, 0.15) is 79.6 Å². The van der Waals surface area contributed by atoms with Crippen LogP contribution in [0.3, 0.4) is 0 Å². The summed E-state index contributed by atoms with van der Waals surface area (Å²) < 4.78 is 14.6. The van der Waals surface area contributed by atoms with Gasteiger partial charge in [-0.3, -0.25) is 9.59 Å². The third-order valence-corrected chi connectivity index (χ3v) is 9.21. The minimum absolute atomic E-state index is 0.00179. The molecule has 1 aromatic heterocycles. The van der Waals surface area contributed by atoms with E-state index < -0.39 is 12.3 Å². The van der Waals surface area contributed by atoms with Crippen LogP contribution in [-0.2, 0) is 39.3 Å². The standard InChI is InChI=1S/C35H41N5O6S/c1-40-35(37-38-39-40)47-23-30-20-31(27-13-11-24(22-41)12-14-27)46-34(45-30)28-17-15-26(16-18-28)29-8-6-7-25(19-29)21-36-32(42)9-4-2-3-5-10-33(43)44/h6-8,11-19,30-31,34,41H,2-5,9-10,20-23H2,1H3,(H,36,42)(H,43,44). The molecule has 4 aromatic rings. The summed E-state index contributed by atoms with van der Waals surface area (Å²) in [5.41, 5.74) is 5.88. The average molecular weight is 660 g/mol. The molecule has 12 heteroatoms. The summed E-state index contributed by atoms with van der Waals surface area (Å²) in [6, 6.07) is 24.1. The molecular weight excluding hydrogens is 618 g/mol. The number of carboxylic acids is 1. The molecule has 47 heavy (non-hydrogen) atoms. The van der Waals surface area contributed by atoms with Crippen molar-refractivity contribution in [1.29, 1.82) is 0 Å². The van der Waals surface area contributed by atoms with Crippen molar-refractivity contribution in [2.75, 3.05) is 5.75 Å². The number of aryl methyl sites for hydroxylation is 1. The van der Waals surface area contributed by atoms with Gasteiger partial charge in [-0.05, 0) is 57.2 Å². The minimum atomic E-state index is -0.777. The number of hydrogen-bond acceptors (Lipinski definition) is 9. The van der Waals surface area contributed by atoms with Crippen LogP contribution >= 0.6 is 11.8 Å². The van der Waals surface area contributed by atoms with E-state index in [1.165, 1.54) is 0 Å². The Balaban J connectivity index is 1.20. The molecule has 3 aromatic carbocycles. The van der Waals surface area contributed by atoms with Gasteiger partial charge in [0.15, 0.2) is 6.29 Å². The minimum Gasteiger partial charge on any atom is -0.481 e. The third kappa shape index (κ3) is 10.2. The molecule has 1 amide bonds. The van der Waals surface area contributed by atoms with E-state index in [9.17, 15) is 14.7 Å². The number of tetrazole rings is 1. The lowest BCUT2D eigenvalue weighted by molar-refractivity contribution is -0.245. The smallest absolute Gasteiger partial charge is 0.303 e. The van der Waals surface area contributed by atoms with Crippen LogP contribution in [-0.4, -0.2) is 54.2 Å². The fourth-order valence-corrected chi connectivity index (χ4v) is 6.30. The number of ether oxygens (including phenoxy) is 2. The quantitative estimate of drug-likeness (QED) is 0.100. The number of hydrogen-bond donors (Lipinski definition) is 3. The lowest BCUT2D eigenvalue weighted by Crippen LogP contribution is -2.31. The van der Waals surface area contributed by atoms with Crippen molar-refractivity contribution in [2.45, 2.75) is 81.8 Å². The highest BCUT2D eigenvalue weighted by atomic mass is 32.2. The van der Waals surface area contributed by atoms with E-state index in [2.05, 4.69) is 39.0 Å². The predicted octanol–water partition coefficient (Wildman–Crippen LogP) is 5.75. The van der Waals surface area contributed by atoms with E-state index in [0.29, 0.717) is 31.6 Å². The van der Waals surface area contributed by atoms with Crippen molar-refractivity contribution in [3.63, 3.8) is 0 Å². The molecule has 1 saturated heterocycles. The zero-order valence-electron chi connectivity index (χ0n) is 26.5. The molecule has 1 aliphatic heterocycles. The fourth-order valence-electron chi connectivity index (χ4n) is 5.43. The summed E-state index contributed by atoms with van der Waals surface area (Å²) in [6.45, 7) is 0.434. The Bertz CT molecular complexity index is 1600. The summed E-state index contributed by atoms with van der Waals surface area (Å²) in [7, 11) is 1.81. The maximum absolute atomic E-state index is 12.3. The number of nitrogens with zero attached hydrogens (tertiary/aromatic N) is 4. The summed E-state index contributed by atoms with van der Waals surface area (Å²) >= 11 is 1.54. The lowest BCUT2D eigenvalue weighted by Gasteiger charge is -2.36. The number of aromatic nitrogens is 4. The molecule has 2 heterocycles. The molecule has 11 nitrogen and oxygen atoms in total. The normalized spacial score (nSPS) is 17.8. The Morgan fingerprint density at radius 3 is 2.36 bits per heavy atom. The number of aliphatic carboxylic acids is 1. The molecular formula is C35H41N5O6S. The van der Waals surface area contributed by atoms with Gasteiger partial charge in [0.05, 0.1) is 18.8 Å². The summed E-state index contributed by atoms with van der Waals surface area (Å²) in [5, 5.41) is 33.7. The van der Waals surface area contributed by atoms with Crippen LogP contribution < -0.4 is 5.32 Å². The average Bonchev–Trinajstić information content (AvgIpc) is 3.52. The van der Waals surface area contributed by atoms with Crippen LogP contribution in [0.4, 0.5) is 0 Å². The topological polar surface area (TPSA) is 149 Å². The maximum atomic E-state index is 12.3. The highest BCUT2D eigenvalue weighted by Gasteiger charge is 2.32. The van der Waals surface area contributed by atoms with Crippen molar-refractivity contribution in [1.82, 2.24) is 25.5 Å². The Kier molecular flexibility index (Phi) is 12.5. The van der Waals surface area contributed by atoms with E-state index in [1.54, 1.807) is 16.4 Å². The van der Waals surface area contributed by atoms with Crippen LogP contribution in [0.15, 0.2) is 78.0 Å².